The van der Waals surface area contributed by atoms with E-state index >= 15 is 0 Å². The second kappa shape index (κ2) is 11.1. The lowest BCUT2D eigenvalue weighted by Crippen LogP contribution is -1.93. The van der Waals surface area contributed by atoms with Gasteiger partial charge in [-0.25, -0.2) is 0 Å². The van der Waals surface area contributed by atoms with Gasteiger partial charge in [0.1, 0.15) is 0 Å². The molecule has 5 heteroatoms. The van der Waals surface area contributed by atoms with Gasteiger partial charge in [0, 0.05) is 29.6 Å². The summed E-state index contributed by atoms with van der Waals surface area (Å²) >= 11 is 15.3. The molecule has 1 aliphatic heterocycles. The predicted molar refractivity (Wildman–Crippen MR) is 133 cm³/mol. The summed E-state index contributed by atoms with van der Waals surface area (Å²) in [4.78, 5) is 5.49. The Bertz CT molecular complexity index is 996. The third-order valence-electron chi connectivity index (χ3n) is 4.50. The van der Waals surface area contributed by atoms with Crippen LogP contribution >= 0.6 is 46.7 Å². The standard InChI is InChI=1S/C14H12Cl2O.C12H8S2/c15-13-5-1-11(2-6-13)9-17-10-12-3-7-14(16)8-4-12;1-2-6-10-9(5-1)13-11-7-3-4-8-12(11)14-10/h1-8H,9-10H2;1-8H. The van der Waals surface area contributed by atoms with Crippen LogP contribution in [0.5, 0.6) is 0 Å². The van der Waals surface area contributed by atoms with Crippen molar-refractivity contribution < 1.29 is 4.74 Å². The highest BCUT2D eigenvalue weighted by Crippen LogP contribution is 2.47. The molecule has 156 valence electrons. The molecule has 1 nitrogen and oxygen atoms in total. The maximum Gasteiger partial charge on any atom is 0.0721 e. The first-order chi connectivity index (χ1) is 15.2. The monoisotopic (exact) mass is 482 g/mol. The van der Waals surface area contributed by atoms with Gasteiger partial charge in [-0.2, -0.15) is 0 Å². The van der Waals surface area contributed by atoms with E-state index in [0.29, 0.717) is 13.2 Å². The number of hydrogen-bond acceptors (Lipinski definition) is 3. The molecule has 0 radical (unpaired) electrons. The zero-order chi connectivity index (χ0) is 21.5. The van der Waals surface area contributed by atoms with Crippen molar-refractivity contribution in [1.82, 2.24) is 0 Å². The molecular formula is C26H20Cl2OS2. The molecular weight excluding hydrogens is 463 g/mol. The largest absolute Gasteiger partial charge is 0.372 e. The van der Waals surface area contributed by atoms with Gasteiger partial charge in [-0.3, -0.25) is 0 Å². The number of hydrogen-bond donors (Lipinski definition) is 0. The van der Waals surface area contributed by atoms with Crippen molar-refractivity contribution in [3.63, 3.8) is 0 Å². The summed E-state index contributed by atoms with van der Waals surface area (Å²) in [5.41, 5.74) is 2.23. The highest BCUT2D eigenvalue weighted by atomic mass is 35.5. The lowest BCUT2D eigenvalue weighted by atomic mass is 10.2. The average molecular weight is 483 g/mol. The van der Waals surface area contributed by atoms with Crippen molar-refractivity contribution in [2.45, 2.75) is 32.8 Å². The number of halogens is 2. The van der Waals surface area contributed by atoms with Crippen molar-refractivity contribution in [3.05, 3.63) is 118 Å². The summed E-state index contributed by atoms with van der Waals surface area (Å²) in [5.74, 6) is 0. The summed E-state index contributed by atoms with van der Waals surface area (Å²) in [5, 5.41) is 1.48. The van der Waals surface area contributed by atoms with Gasteiger partial charge in [0.05, 0.1) is 13.2 Å². The molecule has 1 heterocycles. The highest BCUT2D eigenvalue weighted by Gasteiger charge is 2.14. The molecule has 31 heavy (non-hydrogen) atoms. The van der Waals surface area contributed by atoms with E-state index in [9.17, 15) is 0 Å². The Morgan fingerprint density at radius 3 is 1.13 bits per heavy atom. The average Bonchev–Trinajstić information content (AvgIpc) is 2.81. The molecule has 0 fully saturated rings. The summed E-state index contributed by atoms with van der Waals surface area (Å²) < 4.78 is 5.60. The Morgan fingerprint density at radius 1 is 0.484 bits per heavy atom. The molecule has 0 aliphatic carbocycles. The van der Waals surface area contributed by atoms with Crippen molar-refractivity contribution in [3.8, 4) is 0 Å². The van der Waals surface area contributed by atoms with Crippen molar-refractivity contribution in [1.29, 1.82) is 0 Å². The van der Waals surface area contributed by atoms with Gasteiger partial charge in [-0.1, -0.05) is 95.3 Å². The lowest BCUT2D eigenvalue weighted by Gasteiger charge is -2.17. The molecule has 4 aromatic carbocycles. The third-order valence-corrected chi connectivity index (χ3v) is 7.57. The summed E-state index contributed by atoms with van der Waals surface area (Å²) in [7, 11) is 0. The molecule has 0 spiro atoms. The van der Waals surface area contributed by atoms with Gasteiger partial charge >= 0.3 is 0 Å². The fraction of sp³-hybridized carbons (Fsp3) is 0.0769. The third kappa shape index (κ3) is 6.55. The molecule has 0 N–H and O–H groups in total. The maximum atomic E-state index is 5.80. The van der Waals surface area contributed by atoms with Gasteiger partial charge in [0.2, 0.25) is 0 Å². The van der Waals surface area contributed by atoms with Gasteiger partial charge in [0.25, 0.3) is 0 Å². The van der Waals surface area contributed by atoms with Crippen LogP contribution < -0.4 is 0 Å². The minimum atomic E-state index is 0.583. The van der Waals surface area contributed by atoms with Crippen LogP contribution in [0.3, 0.4) is 0 Å². The maximum absolute atomic E-state index is 5.80. The van der Waals surface area contributed by atoms with Crippen LogP contribution in [0, 0.1) is 0 Å². The van der Waals surface area contributed by atoms with Crippen LogP contribution in [0.2, 0.25) is 10.0 Å². The second-order valence-corrected chi connectivity index (χ2v) is 9.88. The molecule has 0 unspecified atom stereocenters. The number of ether oxygens (including phenoxy) is 1. The summed E-state index contributed by atoms with van der Waals surface area (Å²) in [6, 6.07) is 32.4. The first-order valence-corrected chi connectivity index (χ1v) is 12.2. The molecule has 1 aliphatic rings. The van der Waals surface area contributed by atoms with Gasteiger partial charge in [-0.15, -0.1) is 0 Å². The fourth-order valence-corrected chi connectivity index (χ4v) is 5.41. The number of rotatable bonds is 4. The van der Waals surface area contributed by atoms with Gasteiger partial charge in [0.15, 0.2) is 0 Å². The van der Waals surface area contributed by atoms with Crippen molar-refractivity contribution in [2.24, 2.45) is 0 Å². The molecule has 0 bridgehead atoms. The van der Waals surface area contributed by atoms with Crippen molar-refractivity contribution in [2.75, 3.05) is 0 Å². The fourth-order valence-electron chi connectivity index (χ4n) is 2.92. The highest BCUT2D eigenvalue weighted by molar-refractivity contribution is 8.05. The summed E-state index contributed by atoms with van der Waals surface area (Å²) in [6.07, 6.45) is 0. The van der Waals surface area contributed by atoms with Crippen LogP contribution in [-0.2, 0) is 18.0 Å². The van der Waals surface area contributed by atoms with E-state index in [-0.39, 0.29) is 0 Å². The van der Waals surface area contributed by atoms with E-state index in [1.807, 2.05) is 72.1 Å². The topological polar surface area (TPSA) is 9.23 Å². The Kier molecular flexibility index (Phi) is 8.01. The van der Waals surface area contributed by atoms with Crippen LogP contribution in [0.1, 0.15) is 11.1 Å². The molecule has 0 atom stereocenters. The van der Waals surface area contributed by atoms with Gasteiger partial charge < -0.3 is 4.74 Å². The Balaban J connectivity index is 0.000000151. The molecule has 5 rings (SSSR count). The van der Waals surface area contributed by atoms with Crippen LogP contribution in [-0.4, -0.2) is 0 Å². The minimum absolute atomic E-state index is 0.583. The SMILES string of the molecule is Clc1ccc(COCc2ccc(Cl)cc2)cc1.c1ccc2c(c1)Sc1ccccc1S2. The van der Waals surface area contributed by atoms with E-state index in [1.54, 1.807) is 0 Å². The first-order valence-electron chi connectivity index (χ1n) is 9.78. The van der Waals surface area contributed by atoms with Gasteiger partial charge in [-0.05, 0) is 59.7 Å². The predicted octanol–water partition coefficient (Wildman–Crippen LogP) is 9.01. The smallest absolute Gasteiger partial charge is 0.0721 e. The van der Waals surface area contributed by atoms with Crippen LogP contribution in [0.15, 0.2) is 117 Å². The van der Waals surface area contributed by atoms with Crippen LogP contribution in [0.4, 0.5) is 0 Å². The van der Waals surface area contributed by atoms with E-state index in [1.165, 1.54) is 19.6 Å². The van der Waals surface area contributed by atoms with E-state index in [4.69, 9.17) is 27.9 Å². The second-order valence-electron chi connectivity index (χ2n) is 6.84. The minimum Gasteiger partial charge on any atom is -0.372 e. The number of benzene rings is 4. The molecule has 0 saturated heterocycles. The zero-order valence-corrected chi connectivity index (χ0v) is 19.8. The van der Waals surface area contributed by atoms with E-state index in [2.05, 4.69) is 48.5 Å². The van der Waals surface area contributed by atoms with Crippen LogP contribution in [0.25, 0.3) is 0 Å². The zero-order valence-electron chi connectivity index (χ0n) is 16.6. The Morgan fingerprint density at radius 2 is 0.806 bits per heavy atom. The Labute approximate surface area is 201 Å². The van der Waals surface area contributed by atoms with Crippen molar-refractivity contribution >= 4 is 46.7 Å². The molecule has 0 amide bonds. The van der Waals surface area contributed by atoms with E-state index < -0.39 is 0 Å². The molecule has 0 saturated carbocycles. The quantitative estimate of drug-likeness (QED) is 0.252. The number of fused-ring (bicyclic) bond motifs is 2. The van der Waals surface area contributed by atoms with E-state index in [0.717, 1.165) is 21.2 Å². The Hall–Kier alpha value is -1.88. The molecule has 4 aromatic rings. The normalized spacial score (nSPS) is 11.7. The first kappa shape index (κ1) is 22.3. The lowest BCUT2D eigenvalue weighted by molar-refractivity contribution is 0.107. The molecule has 0 aromatic heterocycles. The summed E-state index contributed by atoms with van der Waals surface area (Å²) in [6.45, 7) is 1.17.